The summed E-state index contributed by atoms with van der Waals surface area (Å²) in [6.45, 7) is 5.00. The molecular weight excluding hydrogens is 228 g/mol. The van der Waals surface area contributed by atoms with E-state index in [1.165, 1.54) is 5.69 Å². The molecule has 0 bridgehead atoms. The highest BCUT2D eigenvalue weighted by Gasteiger charge is 2.17. The van der Waals surface area contributed by atoms with Crippen LogP contribution in [0.3, 0.4) is 0 Å². The summed E-state index contributed by atoms with van der Waals surface area (Å²) >= 11 is 0. The van der Waals surface area contributed by atoms with Gasteiger partial charge in [-0.1, -0.05) is 5.21 Å². The lowest BCUT2D eigenvalue weighted by atomic mass is 10.1. The summed E-state index contributed by atoms with van der Waals surface area (Å²) in [5, 5.41) is 15.9. The van der Waals surface area contributed by atoms with Crippen molar-refractivity contribution in [2.24, 2.45) is 7.05 Å². The highest BCUT2D eigenvalue weighted by atomic mass is 15.4. The minimum atomic E-state index is 0.211. The Morgan fingerprint density at radius 2 is 2.22 bits per heavy atom. The summed E-state index contributed by atoms with van der Waals surface area (Å²) in [6.07, 6.45) is 2.76. The molecule has 0 aliphatic heterocycles. The standard InChI is InChI=1S/C12H20N6/c1-5-18-12(6-9(2)15-18)11(13-3)7-10-8-17(4)16-14-10/h6,8,11,13H,5,7H2,1-4H3. The molecule has 1 N–H and O–H groups in total. The monoisotopic (exact) mass is 248 g/mol. The molecule has 0 saturated heterocycles. The average Bonchev–Trinajstić information content (AvgIpc) is 2.92. The smallest absolute Gasteiger partial charge is 0.0846 e. The predicted molar refractivity (Wildman–Crippen MR) is 69.1 cm³/mol. The van der Waals surface area contributed by atoms with Gasteiger partial charge in [-0.25, -0.2) is 0 Å². The number of nitrogens with zero attached hydrogens (tertiary/aromatic N) is 5. The van der Waals surface area contributed by atoms with E-state index in [-0.39, 0.29) is 6.04 Å². The quantitative estimate of drug-likeness (QED) is 0.852. The molecule has 0 aliphatic carbocycles. The fraction of sp³-hybridized carbons (Fsp3) is 0.583. The maximum Gasteiger partial charge on any atom is 0.0846 e. The topological polar surface area (TPSA) is 60.6 Å². The summed E-state index contributed by atoms with van der Waals surface area (Å²) in [6, 6.07) is 2.34. The molecule has 2 rings (SSSR count). The Bertz CT molecular complexity index is 512. The SMILES string of the molecule is CCn1nc(C)cc1C(Cc1cn(C)nn1)NC. The Kier molecular flexibility index (Phi) is 3.76. The summed E-state index contributed by atoms with van der Waals surface area (Å²) < 4.78 is 3.76. The normalized spacial score (nSPS) is 12.9. The van der Waals surface area contributed by atoms with E-state index < -0.39 is 0 Å². The van der Waals surface area contributed by atoms with Gasteiger partial charge in [0.15, 0.2) is 0 Å². The molecule has 0 aliphatic rings. The maximum absolute atomic E-state index is 4.48. The largest absolute Gasteiger partial charge is 0.311 e. The average molecular weight is 248 g/mol. The first-order valence-corrected chi connectivity index (χ1v) is 6.20. The van der Waals surface area contributed by atoms with Gasteiger partial charge < -0.3 is 5.32 Å². The third-order valence-corrected chi connectivity index (χ3v) is 3.00. The van der Waals surface area contributed by atoms with Crippen LogP contribution in [0.5, 0.6) is 0 Å². The van der Waals surface area contributed by atoms with Crippen LogP contribution in [0.2, 0.25) is 0 Å². The first kappa shape index (κ1) is 12.8. The Hall–Kier alpha value is -1.69. The molecule has 0 radical (unpaired) electrons. The lowest BCUT2D eigenvalue weighted by Crippen LogP contribution is -2.22. The van der Waals surface area contributed by atoms with Crippen LogP contribution in [0.25, 0.3) is 0 Å². The van der Waals surface area contributed by atoms with E-state index in [9.17, 15) is 0 Å². The molecule has 0 saturated carbocycles. The Balaban J connectivity index is 2.22. The number of likely N-dealkylation sites (N-methyl/N-ethyl adjacent to an activating group) is 1. The van der Waals surface area contributed by atoms with Crippen LogP contribution in [0.1, 0.15) is 30.0 Å². The van der Waals surface area contributed by atoms with Crippen LogP contribution in [-0.2, 0) is 20.0 Å². The molecule has 2 aromatic rings. The summed E-state index contributed by atoms with van der Waals surface area (Å²) in [4.78, 5) is 0. The molecule has 0 aromatic carbocycles. The fourth-order valence-electron chi connectivity index (χ4n) is 2.15. The number of hydrogen-bond acceptors (Lipinski definition) is 4. The third kappa shape index (κ3) is 2.59. The highest BCUT2D eigenvalue weighted by molar-refractivity contribution is 5.15. The number of aromatic nitrogens is 5. The molecular formula is C12H20N6. The van der Waals surface area contributed by atoms with Crippen LogP contribution in [-0.4, -0.2) is 31.8 Å². The summed E-state index contributed by atoms with van der Waals surface area (Å²) in [5.41, 5.74) is 3.23. The van der Waals surface area contributed by atoms with E-state index in [0.717, 1.165) is 24.4 Å². The van der Waals surface area contributed by atoms with Gasteiger partial charge in [0.1, 0.15) is 0 Å². The second-order valence-electron chi connectivity index (χ2n) is 4.46. The van der Waals surface area contributed by atoms with Gasteiger partial charge in [-0.05, 0) is 27.0 Å². The van der Waals surface area contributed by atoms with E-state index in [0.29, 0.717) is 0 Å². The molecule has 2 heterocycles. The van der Waals surface area contributed by atoms with Crippen LogP contribution in [0.4, 0.5) is 0 Å². The lowest BCUT2D eigenvalue weighted by Gasteiger charge is -2.16. The van der Waals surface area contributed by atoms with Crippen LogP contribution >= 0.6 is 0 Å². The summed E-state index contributed by atoms with van der Waals surface area (Å²) in [7, 11) is 3.84. The fourth-order valence-corrected chi connectivity index (χ4v) is 2.15. The number of aryl methyl sites for hydroxylation is 3. The van der Waals surface area contributed by atoms with Crippen molar-refractivity contribution in [3.05, 3.63) is 29.3 Å². The molecule has 2 aromatic heterocycles. The number of rotatable bonds is 5. The van der Waals surface area contributed by atoms with E-state index in [4.69, 9.17) is 0 Å². The van der Waals surface area contributed by atoms with Crippen molar-refractivity contribution in [2.45, 2.75) is 32.9 Å². The number of hydrogen-bond donors (Lipinski definition) is 1. The van der Waals surface area contributed by atoms with E-state index in [1.807, 2.05) is 31.9 Å². The van der Waals surface area contributed by atoms with Crippen molar-refractivity contribution < 1.29 is 0 Å². The number of nitrogens with one attached hydrogen (secondary N) is 1. The highest BCUT2D eigenvalue weighted by Crippen LogP contribution is 2.18. The van der Waals surface area contributed by atoms with Crippen molar-refractivity contribution in [1.82, 2.24) is 30.1 Å². The van der Waals surface area contributed by atoms with Gasteiger partial charge in [0.2, 0.25) is 0 Å². The minimum absolute atomic E-state index is 0.211. The second kappa shape index (κ2) is 5.30. The van der Waals surface area contributed by atoms with Crippen LogP contribution < -0.4 is 5.32 Å². The van der Waals surface area contributed by atoms with Gasteiger partial charge in [-0.15, -0.1) is 5.10 Å². The molecule has 6 nitrogen and oxygen atoms in total. The van der Waals surface area contributed by atoms with Crippen LogP contribution in [0.15, 0.2) is 12.3 Å². The van der Waals surface area contributed by atoms with Crippen molar-refractivity contribution in [3.63, 3.8) is 0 Å². The maximum atomic E-state index is 4.48. The zero-order valence-electron chi connectivity index (χ0n) is 11.4. The molecule has 1 atom stereocenters. The second-order valence-corrected chi connectivity index (χ2v) is 4.46. The molecule has 0 amide bonds. The first-order chi connectivity index (χ1) is 8.63. The Morgan fingerprint density at radius 3 is 2.78 bits per heavy atom. The van der Waals surface area contributed by atoms with E-state index in [2.05, 4.69) is 33.7 Å². The first-order valence-electron chi connectivity index (χ1n) is 6.20. The van der Waals surface area contributed by atoms with Crippen molar-refractivity contribution in [3.8, 4) is 0 Å². The van der Waals surface area contributed by atoms with E-state index >= 15 is 0 Å². The molecule has 0 spiro atoms. The third-order valence-electron chi connectivity index (χ3n) is 3.00. The Morgan fingerprint density at radius 1 is 1.44 bits per heavy atom. The summed E-state index contributed by atoms with van der Waals surface area (Å²) in [5.74, 6) is 0. The van der Waals surface area contributed by atoms with Gasteiger partial charge in [-0.2, -0.15) is 5.10 Å². The zero-order valence-corrected chi connectivity index (χ0v) is 11.4. The van der Waals surface area contributed by atoms with Gasteiger partial charge in [0.05, 0.1) is 23.1 Å². The van der Waals surface area contributed by atoms with Crippen molar-refractivity contribution >= 4 is 0 Å². The van der Waals surface area contributed by atoms with Gasteiger partial charge in [-0.3, -0.25) is 9.36 Å². The zero-order chi connectivity index (χ0) is 13.1. The predicted octanol–water partition coefficient (Wildman–Crippen LogP) is 0.843. The molecule has 98 valence electrons. The van der Waals surface area contributed by atoms with E-state index in [1.54, 1.807) is 4.68 Å². The van der Waals surface area contributed by atoms with Gasteiger partial charge in [0.25, 0.3) is 0 Å². The molecule has 0 fully saturated rings. The molecule has 18 heavy (non-hydrogen) atoms. The molecule has 6 heteroatoms. The minimum Gasteiger partial charge on any atom is -0.311 e. The molecule has 1 unspecified atom stereocenters. The van der Waals surface area contributed by atoms with Crippen molar-refractivity contribution in [2.75, 3.05) is 7.05 Å². The van der Waals surface area contributed by atoms with Crippen molar-refractivity contribution in [1.29, 1.82) is 0 Å². The Labute approximate surface area is 107 Å². The van der Waals surface area contributed by atoms with Crippen LogP contribution in [0, 0.1) is 6.92 Å². The van der Waals surface area contributed by atoms with Gasteiger partial charge in [0, 0.05) is 26.2 Å². The lowest BCUT2D eigenvalue weighted by molar-refractivity contribution is 0.508. The van der Waals surface area contributed by atoms with Gasteiger partial charge >= 0.3 is 0 Å².